The first-order valence-electron chi connectivity index (χ1n) is 7.97. The standard InChI is InChI=1S/C17H26N2O/c1-2-4-16(5-3-1)17-6-9-19(13-17)10-8-18-12-15-7-11-20-14-15/h1-5,15,17-18H,6-14H2. The van der Waals surface area contributed by atoms with Gasteiger partial charge < -0.3 is 15.0 Å². The van der Waals surface area contributed by atoms with Crippen molar-refractivity contribution in [3.05, 3.63) is 35.9 Å². The van der Waals surface area contributed by atoms with E-state index in [1.807, 2.05) is 0 Å². The molecule has 0 aromatic heterocycles. The van der Waals surface area contributed by atoms with E-state index in [2.05, 4.69) is 40.5 Å². The molecule has 1 aromatic rings. The summed E-state index contributed by atoms with van der Waals surface area (Å²) < 4.78 is 5.40. The number of benzene rings is 1. The first kappa shape index (κ1) is 14.1. The van der Waals surface area contributed by atoms with E-state index in [0.717, 1.165) is 38.1 Å². The molecular formula is C17H26N2O. The van der Waals surface area contributed by atoms with Crippen molar-refractivity contribution >= 4 is 0 Å². The Hall–Kier alpha value is -0.900. The number of likely N-dealkylation sites (tertiary alicyclic amines) is 1. The number of rotatable bonds is 6. The molecule has 110 valence electrons. The zero-order valence-corrected chi connectivity index (χ0v) is 12.3. The van der Waals surface area contributed by atoms with E-state index in [9.17, 15) is 0 Å². The Labute approximate surface area is 122 Å². The number of ether oxygens (including phenoxy) is 1. The highest BCUT2D eigenvalue weighted by molar-refractivity contribution is 5.20. The van der Waals surface area contributed by atoms with Gasteiger partial charge in [-0.15, -0.1) is 0 Å². The Bertz CT molecular complexity index is 389. The highest BCUT2D eigenvalue weighted by Crippen LogP contribution is 2.26. The molecule has 1 N–H and O–H groups in total. The molecule has 2 fully saturated rings. The van der Waals surface area contributed by atoms with Crippen LogP contribution >= 0.6 is 0 Å². The minimum Gasteiger partial charge on any atom is -0.381 e. The van der Waals surface area contributed by atoms with Crippen LogP contribution in [0.3, 0.4) is 0 Å². The van der Waals surface area contributed by atoms with Gasteiger partial charge in [0.1, 0.15) is 0 Å². The minimum absolute atomic E-state index is 0.736. The number of hydrogen-bond acceptors (Lipinski definition) is 3. The molecule has 2 unspecified atom stereocenters. The molecule has 2 saturated heterocycles. The lowest BCUT2D eigenvalue weighted by atomic mass is 9.99. The van der Waals surface area contributed by atoms with Crippen LogP contribution in [0.25, 0.3) is 0 Å². The molecule has 3 rings (SSSR count). The maximum Gasteiger partial charge on any atom is 0.0507 e. The van der Waals surface area contributed by atoms with Gasteiger partial charge in [0.2, 0.25) is 0 Å². The highest BCUT2D eigenvalue weighted by Gasteiger charge is 2.23. The molecule has 0 aliphatic carbocycles. The van der Waals surface area contributed by atoms with Crippen LogP contribution in [0.5, 0.6) is 0 Å². The van der Waals surface area contributed by atoms with Gasteiger partial charge in [0.05, 0.1) is 6.61 Å². The SMILES string of the molecule is c1ccc(C2CCN(CCNCC3CCOC3)C2)cc1. The third-order valence-corrected chi connectivity index (χ3v) is 4.61. The first-order chi connectivity index (χ1) is 9.92. The van der Waals surface area contributed by atoms with E-state index in [1.54, 1.807) is 0 Å². The lowest BCUT2D eigenvalue weighted by molar-refractivity contribution is 0.185. The molecular weight excluding hydrogens is 248 g/mol. The summed E-state index contributed by atoms with van der Waals surface area (Å²) in [5, 5.41) is 3.59. The van der Waals surface area contributed by atoms with Crippen molar-refractivity contribution in [2.24, 2.45) is 5.92 Å². The third kappa shape index (κ3) is 3.81. The van der Waals surface area contributed by atoms with Gasteiger partial charge >= 0.3 is 0 Å². The average molecular weight is 274 g/mol. The van der Waals surface area contributed by atoms with Crippen molar-refractivity contribution in [1.29, 1.82) is 0 Å². The molecule has 0 amide bonds. The van der Waals surface area contributed by atoms with E-state index < -0.39 is 0 Å². The second-order valence-electron chi connectivity index (χ2n) is 6.13. The van der Waals surface area contributed by atoms with Crippen molar-refractivity contribution in [1.82, 2.24) is 10.2 Å². The van der Waals surface area contributed by atoms with Gasteiger partial charge in [0.25, 0.3) is 0 Å². The Morgan fingerprint density at radius 3 is 2.90 bits per heavy atom. The fourth-order valence-electron chi connectivity index (χ4n) is 3.32. The smallest absolute Gasteiger partial charge is 0.0507 e. The zero-order valence-electron chi connectivity index (χ0n) is 12.3. The molecule has 1 aromatic carbocycles. The molecule has 0 radical (unpaired) electrons. The summed E-state index contributed by atoms with van der Waals surface area (Å²) in [5.74, 6) is 1.48. The number of nitrogens with zero attached hydrogens (tertiary/aromatic N) is 1. The maximum atomic E-state index is 5.40. The summed E-state index contributed by atoms with van der Waals surface area (Å²) in [6.07, 6.45) is 2.53. The highest BCUT2D eigenvalue weighted by atomic mass is 16.5. The van der Waals surface area contributed by atoms with Crippen LogP contribution in [0.4, 0.5) is 0 Å². The lowest BCUT2D eigenvalue weighted by Crippen LogP contribution is -2.33. The predicted octanol–water partition coefficient (Wildman–Crippen LogP) is 2.10. The number of hydrogen-bond donors (Lipinski definition) is 1. The Kier molecular flexibility index (Phi) is 5.06. The van der Waals surface area contributed by atoms with Crippen LogP contribution in [-0.2, 0) is 4.74 Å². The molecule has 0 spiro atoms. The Balaban J connectivity index is 1.33. The van der Waals surface area contributed by atoms with Crippen molar-refractivity contribution in [2.45, 2.75) is 18.8 Å². The first-order valence-corrected chi connectivity index (χ1v) is 7.97. The van der Waals surface area contributed by atoms with Gasteiger partial charge in [0.15, 0.2) is 0 Å². The summed E-state index contributed by atoms with van der Waals surface area (Å²) in [6.45, 7) is 7.78. The maximum absolute atomic E-state index is 5.40. The lowest BCUT2D eigenvalue weighted by Gasteiger charge is -2.17. The summed E-state index contributed by atoms with van der Waals surface area (Å²) >= 11 is 0. The van der Waals surface area contributed by atoms with Crippen molar-refractivity contribution < 1.29 is 4.74 Å². The fraction of sp³-hybridized carbons (Fsp3) is 0.647. The van der Waals surface area contributed by atoms with E-state index in [0.29, 0.717) is 0 Å². The molecule has 2 aliphatic heterocycles. The van der Waals surface area contributed by atoms with Gasteiger partial charge in [-0.3, -0.25) is 0 Å². The van der Waals surface area contributed by atoms with E-state index >= 15 is 0 Å². The molecule has 3 heteroatoms. The van der Waals surface area contributed by atoms with Gasteiger partial charge in [-0.1, -0.05) is 30.3 Å². The summed E-state index contributed by atoms with van der Waals surface area (Å²) in [5.41, 5.74) is 1.51. The largest absolute Gasteiger partial charge is 0.381 e. The molecule has 0 saturated carbocycles. The van der Waals surface area contributed by atoms with Crippen molar-refractivity contribution in [3.8, 4) is 0 Å². The topological polar surface area (TPSA) is 24.5 Å². The minimum atomic E-state index is 0.736. The van der Waals surface area contributed by atoms with Crippen LogP contribution in [0.2, 0.25) is 0 Å². The molecule has 0 bridgehead atoms. The quantitative estimate of drug-likeness (QED) is 0.804. The second kappa shape index (κ2) is 7.21. The monoisotopic (exact) mass is 274 g/mol. The van der Waals surface area contributed by atoms with Crippen LogP contribution < -0.4 is 5.32 Å². The van der Waals surface area contributed by atoms with Crippen LogP contribution in [-0.4, -0.2) is 50.8 Å². The Morgan fingerprint density at radius 1 is 1.20 bits per heavy atom. The normalized spacial score (nSPS) is 27.2. The molecule has 20 heavy (non-hydrogen) atoms. The summed E-state index contributed by atoms with van der Waals surface area (Å²) in [6, 6.07) is 11.0. The Morgan fingerprint density at radius 2 is 2.10 bits per heavy atom. The zero-order chi connectivity index (χ0) is 13.6. The van der Waals surface area contributed by atoms with E-state index in [4.69, 9.17) is 4.74 Å². The summed E-state index contributed by atoms with van der Waals surface area (Å²) in [4.78, 5) is 2.59. The van der Waals surface area contributed by atoms with Gasteiger partial charge in [0, 0.05) is 32.8 Å². The average Bonchev–Trinajstić information content (AvgIpc) is 3.16. The summed E-state index contributed by atoms with van der Waals surface area (Å²) in [7, 11) is 0. The van der Waals surface area contributed by atoms with Gasteiger partial charge in [-0.25, -0.2) is 0 Å². The molecule has 2 heterocycles. The molecule has 2 aliphatic rings. The molecule has 2 atom stereocenters. The van der Waals surface area contributed by atoms with Crippen LogP contribution in [0, 0.1) is 5.92 Å². The molecule has 3 nitrogen and oxygen atoms in total. The third-order valence-electron chi connectivity index (χ3n) is 4.61. The number of nitrogens with one attached hydrogen (secondary N) is 1. The van der Waals surface area contributed by atoms with Gasteiger partial charge in [-0.2, -0.15) is 0 Å². The van der Waals surface area contributed by atoms with Crippen molar-refractivity contribution in [3.63, 3.8) is 0 Å². The van der Waals surface area contributed by atoms with E-state index in [1.165, 1.54) is 38.0 Å². The van der Waals surface area contributed by atoms with Crippen molar-refractivity contribution in [2.75, 3.05) is 45.9 Å². The van der Waals surface area contributed by atoms with E-state index in [-0.39, 0.29) is 0 Å². The fourth-order valence-corrected chi connectivity index (χ4v) is 3.32. The van der Waals surface area contributed by atoms with Gasteiger partial charge in [-0.05, 0) is 36.8 Å². The van der Waals surface area contributed by atoms with Crippen LogP contribution in [0.15, 0.2) is 30.3 Å². The second-order valence-corrected chi connectivity index (χ2v) is 6.13. The van der Waals surface area contributed by atoms with Crippen LogP contribution in [0.1, 0.15) is 24.3 Å². The predicted molar refractivity (Wildman–Crippen MR) is 82.0 cm³/mol.